The lowest BCUT2D eigenvalue weighted by Gasteiger charge is -2.09. The number of hydrogen-bond donors (Lipinski definition) is 0. The summed E-state index contributed by atoms with van der Waals surface area (Å²) in [7, 11) is 0. The Hall–Kier alpha value is -3.28. The van der Waals surface area contributed by atoms with E-state index in [-0.39, 0.29) is 38.4 Å². The molecule has 0 spiro atoms. The summed E-state index contributed by atoms with van der Waals surface area (Å²) in [5.74, 6) is 0.172. The van der Waals surface area contributed by atoms with Crippen LogP contribution in [0.1, 0.15) is 6.42 Å². The van der Waals surface area contributed by atoms with Gasteiger partial charge in [-0.1, -0.05) is 43.0 Å². The number of hydrogen-bond acceptors (Lipinski definition) is 6. The normalized spacial score (nSPS) is 9.93. The van der Waals surface area contributed by atoms with Gasteiger partial charge in [-0.25, -0.2) is 4.79 Å². The van der Waals surface area contributed by atoms with E-state index >= 15 is 0 Å². The van der Waals surface area contributed by atoms with Gasteiger partial charge in [0.1, 0.15) is 37.9 Å². The smallest absolute Gasteiger partial charge is 0.334 e. The number of carbonyl (C=O) groups excluding carboxylic acids is 2. The Morgan fingerprint density at radius 3 is 1.70 bits per heavy atom. The molecule has 0 aliphatic carbocycles. The van der Waals surface area contributed by atoms with Crippen LogP contribution in [-0.4, -0.2) is 38.4 Å². The van der Waals surface area contributed by atoms with Crippen molar-refractivity contribution in [1.82, 2.24) is 0 Å². The molecule has 0 saturated carbocycles. The van der Waals surface area contributed by atoms with Gasteiger partial charge >= 0.3 is 11.9 Å². The zero-order chi connectivity index (χ0) is 19.3. The average Bonchev–Trinajstić information content (AvgIpc) is 2.70. The van der Waals surface area contributed by atoms with Crippen molar-refractivity contribution in [1.29, 1.82) is 0 Å². The van der Waals surface area contributed by atoms with Gasteiger partial charge in [-0.2, -0.15) is 0 Å². The molecule has 0 N–H and O–H groups in total. The van der Waals surface area contributed by atoms with Gasteiger partial charge in [0.15, 0.2) is 0 Å². The number of esters is 2. The molecular weight excluding hydrogens is 348 g/mol. The van der Waals surface area contributed by atoms with Crippen molar-refractivity contribution in [2.45, 2.75) is 6.42 Å². The fourth-order valence-corrected chi connectivity index (χ4v) is 2.04. The first-order chi connectivity index (χ1) is 13.1. The summed E-state index contributed by atoms with van der Waals surface area (Å²) < 4.78 is 20.8. The summed E-state index contributed by atoms with van der Waals surface area (Å²) >= 11 is 0. The molecule has 27 heavy (non-hydrogen) atoms. The Morgan fingerprint density at radius 2 is 1.19 bits per heavy atom. The first-order valence-electron chi connectivity index (χ1n) is 8.51. The lowest BCUT2D eigenvalue weighted by atomic mass is 10.2. The van der Waals surface area contributed by atoms with Gasteiger partial charge in [0.05, 0.1) is 6.42 Å². The van der Waals surface area contributed by atoms with Crippen LogP contribution in [0.5, 0.6) is 11.5 Å². The van der Waals surface area contributed by atoms with E-state index in [1.807, 2.05) is 36.4 Å². The molecule has 0 heterocycles. The van der Waals surface area contributed by atoms with Crippen molar-refractivity contribution >= 4 is 11.9 Å². The Bertz CT molecular complexity index is 727. The SMILES string of the molecule is C=C(CC(=O)OCCOc1ccccc1)C(=O)OCCOc1ccccc1. The summed E-state index contributed by atoms with van der Waals surface area (Å²) in [6.45, 7) is 4.14. The minimum Gasteiger partial charge on any atom is -0.490 e. The van der Waals surface area contributed by atoms with Crippen LogP contribution in [0.3, 0.4) is 0 Å². The molecular formula is C21H22O6. The quantitative estimate of drug-likeness (QED) is 0.344. The summed E-state index contributed by atoms with van der Waals surface area (Å²) in [5.41, 5.74) is 0.0312. The molecule has 0 bridgehead atoms. The lowest BCUT2D eigenvalue weighted by molar-refractivity contribution is -0.147. The third kappa shape index (κ3) is 8.09. The summed E-state index contributed by atoms with van der Waals surface area (Å²) in [6.07, 6.45) is -0.232. The number of carbonyl (C=O) groups is 2. The first kappa shape index (κ1) is 20.0. The molecule has 0 fully saturated rings. The fourth-order valence-electron chi connectivity index (χ4n) is 2.04. The van der Waals surface area contributed by atoms with E-state index in [2.05, 4.69) is 6.58 Å². The highest BCUT2D eigenvalue weighted by atomic mass is 16.6. The van der Waals surface area contributed by atoms with Crippen molar-refractivity contribution in [3.05, 3.63) is 72.8 Å². The van der Waals surface area contributed by atoms with Crippen LogP contribution in [0.2, 0.25) is 0 Å². The molecule has 0 amide bonds. The molecule has 6 nitrogen and oxygen atoms in total. The van der Waals surface area contributed by atoms with Gasteiger partial charge in [0.2, 0.25) is 0 Å². The number of para-hydroxylation sites is 2. The highest BCUT2D eigenvalue weighted by Crippen LogP contribution is 2.09. The Kier molecular flexibility index (Phi) is 8.43. The third-order valence-electron chi connectivity index (χ3n) is 3.33. The van der Waals surface area contributed by atoms with Crippen molar-refractivity contribution in [3.63, 3.8) is 0 Å². The van der Waals surface area contributed by atoms with E-state index in [1.54, 1.807) is 24.3 Å². The zero-order valence-electron chi connectivity index (χ0n) is 15.0. The molecule has 2 rings (SSSR count). The number of ether oxygens (including phenoxy) is 4. The van der Waals surface area contributed by atoms with Crippen LogP contribution in [0, 0.1) is 0 Å². The van der Waals surface area contributed by atoms with E-state index < -0.39 is 11.9 Å². The highest BCUT2D eigenvalue weighted by Gasteiger charge is 2.14. The molecule has 0 aliphatic heterocycles. The van der Waals surface area contributed by atoms with Gasteiger partial charge in [-0.3, -0.25) is 4.79 Å². The van der Waals surface area contributed by atoms with Gasteiger partial charge in [-0.05, 0) is 24.3 Å². The predicted octanol–water partition coefficient (Wildman–Crippen LogP) is 3.18. The summed E-state index contributed by atoms with van der Waals surface area (Å²) in [6, 6.07) is 18.4. The predicted molar refractivity (Wildman–Crippen MR) is 99.5 cm³/mol. The van der Waals surface area contributed by atoms with E-state index in [4.69, 9.17) is 18.9 Å². The van der Waals surface area contributed by atoms with Crippen molar-refractivity contribution in [2.75, 3.05) is 26.4 Å². The largest absolute Gasteiger partial charge is 0.490 e. The van der Waals surface area contributed by atoms with Gasteiger partial charge in [-0.15, -0.1) is 0 Å². The number of rotatable bonds is 11. The maximum Gasteiger partial charge on any atom is 0.334 e. The number of benzene rings is 2. The average molecular weight is 370 g/mol. The maximum absolute atomic E-state index is 11.8. The van der Waals surface area contributed by atoms with Crippen LogP contribution < -0.4 is 9.47 Å². The van der Waals surface area contributed by atoms with Gasteiger partial charge in [0.25, 0.3) is 0 Å². The Balaban J connectivity index is 1.55. The van der Waals surface area contributed by atoms with Crippen molar-refractivity contribution in [2.24, 2.45) is 0 Å². The Morgan fingerprint density at radius 1 is 0.704 bits per heavy atom. The van der Waals surface area contributed by atoms with E-state index in [9.17, 15) is 9.59 Å². The van der Waals surface area contributed by atoms with E-state index in [0.29, 0.717) is 11.5 Å². The van der Waals surface area contributed by atoms with E-state index in [1.165, 1.54) is 0 Å². The van der Waals surface area contributed by atoms with Crippen molar-refractivity contribution in [3.8, 4) is 11.5 Å². The molecule has 0 unspecified atom stereocenters. The first-order valence-corrected chi connectivity index (χ1v) is 8.51. The maximum atomic E-state index is 11.8. The summed E-state index contributed by atoms with van der Waals surface area (Å²) in [4.78, 5) is 23.5. The zero-order valence-corrected chi connectivity index (χ0v) is 15.0. The molecule has 0 aliphatic rings. The second-order valence-corrected chi connectivity index (χ2v) is 5.46. The minimum absolute atomic E-state index is 0.0312. The highest BCUT2D eigenvalue weighted by molar-refractivity contribution is 5.93. The van der Waals surface area contributed by atoms with Crippen LogP contribution in [-0.2, 0) is 19.1 Å². The standard InChI is InChI=1S/C21H22O6/c1-17(21(23)27-15-13-25-19-10-6-3-7-11-19)16-20(22)26-14-12-24-18-8-4-2-5-9-18/h2-11H,1,12-16H2. The van der Waals surface area contributed by atoms with E-state index in [0.717, 1.165) is 0 Å². The second kappa shape index (κ2) is 11.4. The molecule has 2 aromatic rings. The summed E-state index contributed by atoms with van der Waals surface area (Å²) in [5, 5.41) is 0. The van der Waals surface area contributed by atoms with Crippen LogP contribution in [0.25, 0.3) is 0 Å². The molecule has 0 saturated heterocycles. The van der Waals surface area contributed by atoms with Crippen LogP contribution >= 0.6 is 0 Å². The van der Waals surface area contributed by atoms with Crippen LogP contribution in [0.15, 0.2) is 72.8 Å². The van der Waals surface area contributed by atoms with Crippen LogP contribution in [0.4, 0.5) is 0 Å². The Labute approximate surface area is 158 Å². The fraction of sp³-hybridized carbons (Fsp3) is 0.238. The van der Waals surface area contributed by atoms with Gasteiger partial charge in [0, 0.05) is 5.57 Å². The molecule has 0 aromatic heterocycles. The molecule has 2 aromatic carbocycles. The molecule has 0 radical (unpaired) electrons. The van der Waals surface area contributed by atoms with Gasteiger partial charge < -0.3 is 18.9 Å². The minimum atomic E-state index is -0.649. The molecule has 6 heteroatoms. The second-order valence-electron chi connectivity index (χ2n) is 5.46. The molecule has 142 valence electrons. The lowest BCUT2D eigenvalue weighted by Crippen LogP contribution is -2.17. The third-order valence-corrected chi connectivity index (χ3v) is 3.33. The van der Waals surface area contributed by atoms with Crippen molar-refractivity contribution < 1.29 is 28.5 Å². The monoisotopic (exact) mass is 370 g/mol. The molecule has 0 atom stereocenters. The topological polar surface area (TPSA) is 71.1 Å².